The molecule has 0 spiro atoms. The molecule has 6 heteroatoms. The van der Waals surface area contributed by atoms with Crippen molar-refractivity contribution >= 4 is 11.6 Å². The van der Waals surface area contributed by atoms with Crippen molar-refractivity contribution in [3.8, 4) is 0 Å². The summed E-state index contributed by atoms with van der Waals surface area (Å²) in [4.78, 5) is 12.4. The lowest BCUT2D eigenvalue weighted by Crippen LogP contribution is -2.47. The number of amides is 1. The highest BCUT2D eigenvalue weighted by Gasteiger charge is 2.44. The van der Waals surface area contributed by atoms with E-state index in [1.807, 2.05) is 31.2 Å². The van der Waals surface area contributed by atoms with Crippen molar-refractivity contribution in [2.24, 2.45) is 11.1 Å². The van der Waals surface area contributed by atoms with Crippen molar-refractivity contribution in [1.82, 2.24) is 0 Å². The van der Waals surface area contributed by atoms with E-state index in [0.717, 1.165) is 5.56 Å². The number of rotatable bonds is 3. The maximum absolute atomic E-state index is 12.4. The lowest BCUT2D eigenvalue weighted by atomic mass is 9.85. The van der Waals surface area contributed by atoms with Crippen molar-refractivity contribution < 1.29 is 19.0 Å². The summed E-state index contributed by atoms with van der Waals surface area (Å²) in [6.07, 6.45) is -0.352. The van der Waals surface area contributed by atoms with Gasteiger partial charge in [-0.2, -0.15) is 0 Å². The molecular formula is C15H20N2O4. The van der Waals surface area contributed by atoms with Crippen LogP contribution < -0.4 is 11.1 Å². The normalized spacial score (nSPS) is 29.7. The van der Waals surface area contributed by atoms with Crippen LogP contribution in [0.4, 0.5) is 5.69 Å². The molecule has 2 unspecified atom stereocenters. The molecule has 0 aliphatic carbocycles. The van der Waals surface area contributed by atoms with E-state index in [4.69, 9.17) is 19.9 Å². The van der Waals surface area contributed by atoms with Crippen LogP contribution in [-0.4, -0.2) is 38.4 Å². The summed E-state index contributed by atoms with van der Waals surface area (Å²) >= 11 is 0. The quantitative estimate of drug-likeness (QED) is 0.869. The smallest absolute Gasteiger partial charge is 0.234 e. The van der Waals surface area contributed by atoms with Gasteiger partial charge in [0.15, 0.2) is 6.29 Å². The van der Waals surface area contributed by atoms with E-state index in [2.05, 4.69) is 5.32 Å². The van der Waals surface area contributed by atoms with Gasteiger partial charge in [0.05, 0.1) is 31.8 Å². The van der Waals surface area contributed by atoms with Gasteiger partial charge in [-0.25, -0.2) is 0 Å². The molecule has 0 bridgehead atoms. The SMILES string of the molecule is CC1(C(=O)Nc2cccc(C3OCCO3)c2)COCC1N. The Kier molecular flexibility index (Phi) is 3.95. The number of nitrogens with two attached hydrogens (primary N) is 1. The van der Waals surface area contributed by atoms with E-state index in [-0.39, 0.29) is 18.2 Å². The third kappa shape index (κ3) is 2.80. The molecule has 3 rings (SSSR count). The fourth-order valence-electron chi connectivity index (χ4n) is 2.51. The maximum atomic E-state index is 12.4. The minimum atomic E-state index is -0.698. The van der Waals surface area contributed by atoms with Gasteiger partial charge >= 0.3 is 0 Å². The average molecular weight is 292 g/mol. The summed E-state index contributed by atoms with van der Waals surface area (Å²) in [5.41, 5.74) is 6.87. The molecular weight excluding hydrogens is 272 g/mol. The van der Waals surface area contributed by atoms with Crippen LogP contribution in [0.5, 0.6) is 0 Å². The molecule has 1 aromatic carbocycles. The Hall–Kier alpha value is -1.47. The molecule has 0 aromatic heterocycles. The summed E-state index contributed by atoms with van der Waals surface area (Å²) in [5, 5.41) is 2.91. The van der Waals surface area contributed by atoms with Crippen molar-refractivity contribution in [2.45, 2.75) is 19.3 Å². The van der Waals surface area contributed by atoms with Gasteiger partial charge in [-0.1, -0.05) is 12.1 Å². The van der Waals surface area contributed by atoms with Crippen LogP contribution in [0.25, 0.3) is 0 Å². The van der Waals surface area contributed by atoms with Gasteiger partial charge in [-0.3, -0.25) is 4.79 Å². The minimum absolute atomic E-state index is 0.127. The van der Waals surface area contributed by atoms with E-state index < -0.39 is 5.41 Å². The van der Waals surface area contributed by atoms with E-state index in [1.54, 1.807) is 0 Å². The highest BCUT2D eigenvalue weighted by Crippen LogP contribution is 2.30. The molecule has 21 heavy (non-hydrogen) atoms. The van der Waals surface area contributed by atoms with E-state index in [0.29, 0.717) is 32.1 Å². The van der Waals surface area contributed by atoms with Crippen LogP contribution in [0, 0.1) is 5.41 Å². The molecule has 114 valence electrons. The van der Waals surface area contributed by atoms with E-state index in [1.165, 1.54) is 0 Å². The molecule has 2 aliphatic rings. The molecule has 1 aromatic rings. The zero-order valence-electron chi connectivity index (χ0n) is 12.0. The standard InChI is InChI=1S/C15H20N2O4/c1-15(9-19-8-12(15)16)14(18)17-11-4-2-3-10(7-11)13-20-5-6-21-13/h2-4,7,12-13H,5-6,8-9,16H2,1H3,(H,17,18). The summed E-state index contributed by atoms with van der Waals surface area (Å²) in [6.45, 7) is 3.76. The molecule has 2 heterocycles. The zero-order valence-corrected chi connectivity index (χ0v) is 12.0. The second-order valence-electron chi connectivity index (χ2n) is 5.69. The Balaban J connectivity index is 1.72. The van der Waals surface area contributed by atoms with E-state index >= 15 is 0 Å². The number of nitrogens with one attached hydrogen (secondary N) is 1. The molecule has 2 saturated heterocycles. The highest BCUT2D eigenvalue weighted by molar-refractivity contribution is 5.96. The predicted molar refractivity (Wildman–Crippen MR) is 76.6 cm³/mol. The van der Waals surface area contributed by atoms with Gasteiger partial charge in [0.2, 0.25) is 5.91 Å². The summed E-state index contributed by atoms with van der Waals surface area (Å²) in [5.74, 6) is -0.127. The first-order chi connectivity index (χ1) is 10.1. The number of hydrogen-bond donors (Lipinski definition) is 2. The number of anilines is 1. The lowest BCUT2D eigenvalue weighted by Gasteiger charge is -2.25. The number of benzene rings is 1. The summed E-state index contributed by atoms with van der Waals surface area (Å²) < 4.78 is 16.2. The van der Waals surface area contributed by atoms with Gasteiger partial charge in [0, 0.05) is 17.3 Å². The fraction of sp³-hybridized carbons (Fsp3) is 0.533. The third-order valence-corrected chi connectivity index (χ3v) is 4.07. The monoisotopic (exact) mass is 292 g/mol. The van der Waals surface area contributed by atoms with Crippen LogP contribution in [-0.2, 0) is 19.0 Å². The number of carbonyl (C=O) groups excluding carboxylic acids is 1. The molecule has 2 atom stereocenters. The van der Waals surface area contributed by atoms with Crippen LogP contribution in [0.15, 0.2) is 24.3 Å². The van der Waals surface area contributed by atoms with Gasteiger partial charge in [-0.15, -0.1) is 0 Å². The maximum Gasteiger partial charge on any atom is 0.234 e. The van der Waals surface area contributed by atoms with Crippen molar-refractivity contribution in [1.29, 1.82) is 0 Å². The summed E-state index contributed by atoms with van der Waals surface area (Å²) in [6, 6.07) is 7.18. The topological polar surface area (TPSA) is 82.8 Å². The van der Waals surface area contributed by atoms with Crippen LogP contribution in [0.3, 0.4) is 0 Å². The molecule has 1 amide bonds. The molecule has 0 radical (unpaired) electrons. The first kappa shape index (κ1) is 14.5. The lowest BCUT2D eigenvalue weighted by molar-refractivity contribution is -0.125. The Morgan fingerprint density at radius 3 is 2.81 bits per heavy atom. The molecule has 3 N–H and O–H groups in total. The molecule has 0 saturated carbocycles. The summed E-state index contributed by atoms with van der Waals surface area (Å²) in [7, 11) is 0. The van der Waals surface area contributed by atoms with Gasteiger partial charge < -0.3 is 25.3 Å². The second kappa shape index (κ2) is 5.73. The van der Waals surface area contributed by atoms with Gasteiger partial charge in [0.25, 0.3) is 0 Å². The Morgan fingerprint density at radius 1 is 1.38 bits per heavy atom. The Morgan fingerprint density at radius 2 is 2.14 bits per heavy atom. The van der Waals surface area contributed by atoms with Crippen LogP contribution >= 0.6 is 0 Å². The molecule has 2 aliphatic heterocycles. The number of carbonyl (C=O) groups is 1. The van der Waals surface area contributed by atoms with Crippen molar-refractivity contribution in [3.63, 3.8) is 0 Å². The van der Waals surface area contributed by atoms with Crippen LogP contribution in [0.2, 0.25) is 0 Å². The van der Waals surface area contributed by atoms with Gasteiger partial charge in [0.1, 0.15) is 0 Å². The zero-order chi connectivity index (χ0) is 14.9. The minimum Gasteiger partial charge on any atom is -0.379 e. The number of hydrogen-bond acceptors (Lipinski definition) is 5. The number of ether oxygens (including phenoxy) is 3. The van der Waals surface area contributed by atoms with Crippen molar-refractivity contribution in [3.05, 3.63) is 29.8 Å². The van der Waals surface area contributed by atoms with Gasteiger partial charge in [-0.05, 0) is 19.1 Å². The third-order valence-electron chi connectivity index (χ3n) is 4.07. The first-order valence-electron chi connectivity index (χ1n) is 7.07. The van der Waals surface area contributed by atoms with Crippen LogP contribution in [0.1, 0.15) is 18.8 Å². The van der Waals surface area contributed by atoms with Crippen molar-refractivity contribution in [2.75, 3.05) is 31.7 Å². The Labute approximate surface area is 123 Å². The first-order valence-corrected chi connectivity index (χ1v) is 7.07. The predicted octanol–water partition coefficient (Wildman–Crippen LogP) is 1.03. The Bertz CT molecular complexity index is 530. The second-order valence-corrected chi connectivity index (χ2v) is 5.69. The molecule has 2 fully saturated rings. The molecule has 6 nitrogen and oxygen atoms in total. The average Bonchev–Trinajstić information content (AvgIpc) is 3.11. The van der Waals surface area contributed by atoms with E-state index in [9.17, 15) is 4.79 Å². The largest absolute Gasteiger partial charge is 0.379 e. The highest BCUT2D eigenvalue weighted by atomic mass is 16.7. The fourth-order valence-corrected chi connectivity index (χ4v) is 2.51.